The van der Waals surface area contributed by atoms with Crippen LogP contribution in [-0.2, 0) is 0 Å². The molecule has 1 N–H and O–H groups in total. The number of hydrogen-bond acceptors (Lipinski definition) is 1. The molecule has 4 heteroatoms. The number of hydrogen-bond donors (Lipinski definition) is 1. The number of halogens is 2. The molecule has 0 aliphatic heterocycles. The number of benzene rings is 3. The number of amides is 1. The zero-order valence-electron chi connectivity index (χ0n) is 10.9. The monoisotopic (exact) mass is 403 g/mol. The molecule has 0 spiro atoms. The molecule has 104 valence electrons. The lowest BCUT2D eigenvalue weighted by Crippen LogP contribution is -2.12. The van der Waals surface area contributed by atoms with Crippen molar-refractivity contribution in [2.24, 2.45) is 0 Å². The van der Waals surface area contributed by atoms with E-state index >= 15 is 0 Å². The Morgan fingerprint density at radius 1 is 0.905 bits per heavy atom. The summed E-state index contributed by atoms with van der Waals surface area (Å²) in [6.07, 6.45) is 0. The van der Waals surface area contributed by atoms with E-state index in [1.165, 1.54) is 0 Å². The summed E-state index contributed by atoms with van der Waals surface area (Å²) in [4.78, 5) is 12.5. The van der Waals surface area contributed by atoms with Gasteiger partial charge in [-0.15, -0.1) is 0 Å². The number of anilines is 1. The molecule has 1 amide bonds. The van der Waals surface area contributed by atoms with Crippen LogP contribution in [0, 0.1) is 0 Å². The van der Waals surface area contributed by atoms with Crippen LogP contribution in [0.1, 0.15) is 10.4 Å². The molecule has 0 aromatic heterocycles. The van der Waals surface area contributed by atoms with Crippen LogP contribution in [-0.4, -0.2) is 5.91 Å². The minimum absolute atomic E-state index is 0.139. The van der Waals surface area contributed by atoms with Crippen molar-refractivity contribution in [2.75, 3.05) is 5.32 Å². The van der Waals surface area contributed by atoms with Gasteiger partial charge in [0.25, 0.3) is 5.91 Å². The van der Waals surface area contributed by atoms with E-state index in [2.05, 4.69) is 37.2 Å². The summed E-state index contributed by atoms with van der Waals surface area (Å²) < 4.78 is 1.64. The number of fused-ring (bicyclic) bond motifs is 1. The minimum atomic E-state index is -0.139. The number of carbonyl (C=O) groups excluding carboxylic acids is 1. The van der Waals surface area contributed by atoms with Crippen molar-refractivity contribution in [2.45, 2.75) is 0 Å². The van der Waals surface area contributed by atoms with Gasteiger partial charge in [0.1, 0.15) is 0 Å². The first-order chi connectivity index (χ1) is 10.1. The number of rotatable bonds is 2. The fourth-order valence-corrected chi connectivity index (χ4v) is 2.98. The van der Waals surface area contributed by atoms with Crippen LogP contribution in [0.4, 0.5) is 5.69 Å². The Kier molecular flexibility index (Phi) is 4.08. The molecular formula is C17H11Br2NO. The molecular weight excluding hydrogens is 394 g/mol. The Morgan fingerprint density at radius 2 is 1.67 bits per heavy atom. The first kappa shape index (κ1) is 14.3. The van der Waals surface area contributed by atoms with Gasteiger partial charge in [0.15, 0.2) is 0 Å². The topological polar surface area (TPSA) is 29.1 Å². The minimum Gasteiger partial charge on any atom is -0.321 e. The highest BCUT2D eigenvalue weighted by Crippen LogP contribution is 2.26. The van der Waals surface area contributed by atoms with Crippen molar-refractivity contribution in [3.05, 3.63) is 75.2 Å². The van der Waals surface area contributed by atoms with Crippen molar-refractivity contribution in [3.63, 3.8) is 0 Å². The van der Waals surface area contributed by atoms with E-state index in [1.54, 1.807) is 6.07 Å². The zero-order chi connectivity index (χ0) is 14.8. The molecule has 0 bridgehead atoms. The lowest BCUT2D eigenvalue weighted by Gasteiger charge is -2.10. The van der Waals surface area contributed by atoms with Gasteiger partial charge in [-0.3, -0.25) is 4.79 Å². The highest BCUT2D eigenvalue weighted by molar-refractivity contribution is 9.11. The lowest BCUT2D eigenvalue weighted by molar-refractivity contribution is 0.102. The third kappa shape index (κ3) is 3.01. The van der Waals surface area contributed by atoms with Gasteiger partial charge in [-0.1, -0.05) is 52.3 Å². The molecule has 0 atom stereocenters. The van der Waals surface area contributed by atoms with Gasteiger partial charge in [0.2, 0.25) is 0 Å². The van der Waals surface area contributed by atoms with Gasteiger partial charge < -0.3 is 5.32 Å². The van der Waals surface area contributed by atoms with Crippen LogP contribution in [0.3, 0.4) is 0 Å². The van der Waals surface area contributed by atoms with E-state index in [4.69, 9.17) is 0 Å². The van der Waals surface area contributed by atoms with Gasteiger partial charge in [-0.25, -0.2) is 0 Å². The first-order valence-electron chi connectivity index (χ1n) is 6.39. The molecule has 0 aliphatic rings. The molecule has 3 aromatic carbocycles. The lowest BCUT2D eigenvalue weighted by atomic mass is 10.1. The third-order valence-corrected chi connectivity index (χ3v) is 4.40. The van der Waals surface area contributed by atoms with Gasteiger partial charge in [0, 0.05) is 20.0 Å². The Balaban J connectivity index is 1.99. The average molecular weight is 405 g/mol. The molecule has 0 fully saturated rings. The van der Waals surface area contributed by atoms with Crippen LogP contribution in [0.25, 0.3) is 10.8 Å². The van der Waals surface area contributed by atoms with Crippen LogP contribution in [0.2, 0.25) is 0 Å². The van der Waals surface area contributed by atoms with Crippen molar-refractivity contribution < 1.29 is 4.79 Å². The van der Waals surface area contributed by atoms with E-state index in [0.717, 1.165) is 25.4 Å². The Morgan fingerprint density at radius 3 is 2.52 bits per heavy atom. The van der Waals surface area contributed by atoms with Crippen LogP contribution < -0.4 is 5.32 Å². The van der Waals surface area contributed by atoms with E-state index < -0.39 is 0 Å². The highest BCUT2D eigenvalue weighted by atomic mass is 79.9. The second kappa shape index (κ2) is 6.00. The standard InChI is InChI=1S/C17H11Br2NO/c18-12-8-9-15(19)14(10-12)17(21)20-16-7-3-5-11-4-1-2-6-13(11)16/h1-10H,(H,20,21). The number of nitrogens with one attached hydrogen (secondary N) is 1. The molecule has 0 radical (unpaired) electrons. The second-order valence-corrected chi connectivity index (χ2v) is 6.38. The van der Waals surface area contributed by atoms with Crippen molar-refractivity contribution in [3.8, 4) is 0 Å². The van der Waals surface area contributed by atoms with Crippen molar-refractivity contribution in [1.29, 1.82) is 0 Å². The SMILES string of the molecule is O=C(Nc1cccc2ccccc12)c1cc(Br)ccc1Br. The summed E-state index contributed by atoms with van der Waals surface area (Å²) in [7, 11) is 0. The Labute approximate surface area is 139 Å². The molecule has 0 saturated heterocycles. The van der Waals surface area contributed by atoms with Crippen molar-refractivity contribution in [1.82, 2.24) is 0 Å². The third-order valence-electron chi connectivity index (χ3n) is 3.21. The normalized spacial score (nSPS) is 10.6. The zero-order valence-corrected chi connectivity index (χ0v) is 14.1. The average Bonchev–Trinajstić information content (AvgIpc) is 2.50. The van der Waals surface area contributed by atoms with E-state index in [1.807, 2.05) is 54.6 Å². The largest absolute Gasteiger partial charge is 0.321 e. The predicted molar refractivity (Wildman–Crippen MR) is 93.7 cm³/mol. The molecule has 0 saturated carbocycles. The van der Waals surface area contributed by atoms with E-state index in [-0.39, 0.29) is 5.91 Å². The van der Waals surface area contributed by atoms with Crippen LogP contribution in [0.15, 0.2) is 69.6 Å². The van der Waals surface area contributed by atoms with Gasteiger partial charge >= 0.3 is 0 Å². The quantitative estimate of drug-likeness (QED) is 0.590. The molecule has 3 aromatic rings. The number of carbonyl (C=O) groups is 1. The predicted octanol–water partition coefficient (Wildman–Crippen LogP) is 5.62. The van der Waals surface area contributed by atoms with Gasteiger partial charge in [-0.2, -0.15) is 0 Å². The molecule has 2 nitrogen and oxygen atoms in total. The van der Waals surface area contributed by atoms with E-state index in [0.29, 0.717) is 5.56 Å². The maximum atomic E-state index is 12.5. The summed E-state index contributed by atoms with van der Waals surface area (Å²) in [6.45, 7) is 0. The van der Waals surface area contributed by atoms with Gasteiger partial charge in [0.05, 0.1) is 5.56 Å². The summed E-state index contributed by atoms with van der Waals surface area (Å²) in [5, 5.41) is 5.11. The van der Waals surface area contributed by atoms with Crippen molar-refractivity contribution >= 4 is 54.2 Å². The molecule has 0 unspecified atom stereocenters. The Hall–Kier alpha value is -1.65. The summed E-state index contributed by atoms with van der Waals surface area (Å²) in [5.74, 6) is -0.139. The van der Waals surface area contributed by atoms with Crippen LogP contribution in [0.5, 0.6) is 0 Å². The molecule has 0 heterocycles. The second-order valence-electron chi connectivity index (χ2n) is 4.61. The molecule has 0 aliphatic carbocycles. The summed E-state index contributed by atoms with van der Waals surface area (Å²) in [5.41, 5.74) is 1.40. The van der Waals surface area contributed by atoms with Crippen LogP contribution >= 0.6 is 31.9 Å². The fraction of sp³-hybridized carbons (Fsp3) is 0. The maximum absolute atomic E-state index is 12.5. The molecule has 21 heavy (non-hydrogen) atoms. The highest BCUT2D eigenvalue weighted by Gasteiger charge is 2.12. The summed E-state index contributed by atoms with van der Waals surface area (Å²) >= 11 is 6.80. The smallest absolute Gasteiger partial charge is 0.256 e. The maximum Gasteiger partial charge on any atom is 0.256 e. The fourth-order valence-electron chi connectivity index (χ4n) is 2.20. The first-order valence-corrected chi connectivity index (χ1v) is 7.98. The molecule has 3 rings (SSSR count). The Bertz CT molecular complexity index is 825. The summed E-state index contributed by atoms with van der Waals surface area (Å²) in [6, 6.07) is 19.4. The van der Waals surface area contributed by atoms with E-state index in [9.17, 15) is 4.79 Å². The van der Waals surface area contributed by atoms with Gasteiger partial charge in [-0.05, 0) is 45.6 Å².